The topological polar surface area (TPSA) is 172 Å². The number of benzene rings is 4. The Hall–Kier alpha value is -3.22. The summed E-state index contributed by atoms with van der Waals surface area (Å²) in [5.74, 6) is 0. The van der Waals surface area contributed by atoms with Crippen molar-refractivity contribution in [2.75, 3.05) is 0 Å². The van der Waals surface area contributed by atoms with Crippen LogP contribution in [0, 0.1) is 0 Å². The first-order valence-corrected chi connectivity index (χ1v) is 17.9. The number of alkyl halides is 9. The fraction of sp³-hybridized carbons (Fsp3) is 0.111. The van der Waals surface area contributed by atoms with Crippen molar-refractivity contribution in [1.29, 1.82) is 0 Å². The molecule has 0 aliphatic rings. The van der Waals surface area contributed by atoms with Gasteiger partial charge in [0.15, 0.2) is 0 Å². The van der Waals surface area contributed by atoms with Gasteiger partial charge in [0.1, 0.15) is 30.4 Å². The average molecular weight is 871 g/mol. The second-order valence-electron chi connectivity index (χ2n) is 8.71. The molecule has 0 aliphatic carbocycles. The summed E-state index contributed by atoms with van der Waals surface area (Å²) in [6, 6.07) is 20.1. The van der Waals surface area contributed by atoms with Crippen LogP contribution in [0.2, 0.25) is 0 Å². The van der Waals surface area contributed by atoms with Crippen LogP contribution in [-0.4, -0.2) is 61.4 Å². The van der Waals surface area contributed by atoms with Crippen LogP contribution >= 0.6 is 0 Å². The van der Waals surface area contributed by atoms with Gasteiger partial charge in [-0.25, -0.2) is 25.3 Å². The molecule has 0 saturated heterocycles. The van der Waals surface area contributed by atoms with E-state index in [1.165, 1.54) is 26.1 Å². The van der Waals surface area contributed by atoms with Crippen molar-refractivity contribution >= 4 is 56.5 Å². The van der Waals surface area contributed by atoms with Crippen LogP contribution in [0.5, 0.6) is 0 Å². The Kier molecular flexibility index (Phi) is 15.3. The fourth-order valence-corrected chi connectivity index (χ4v) is 5.84. The Morgan fingerprint density at radius 2 is 0.592 bits per heavy atom. The molecule has 0 bridgehead atoms. The molecule has 0 N–H and O–H groups in total. The first kappa shape index (κ1) is 43.8. The molecule has 0 heterocycles. The quantitative estimate of drug-likeness (QED) is 0.150. The first-order valence-electron chi connectivity index (χ1n) is 12.2. The van der Waals surface area contributed by atoms with E-state index in [2.05, 4.69) is 24.3 Å². The second kappa shape index (κ2) is 17.1. The molecule has 0 radical (unpaired) electrons. The SMILES string of the molecule is O=S(=O)([O-])c1ccccc1C(F)(F)F.O=S(=O)([O-])c1ccccc1C(F)(F)F.O=S(=O)([O-])c1ccccc1C(F)(F)F.[Sn+3][c]1ccccc1. The van der Waals surface area contributed by atoms with Crippen LogP contribution in [0.15, 0.2) is 118 Å². The van der Waals surface area contributed by atoms with Gasteiger partial charge in [-0.3, -0.25) is 0 Å². The minimum atomic E-state index is -5.09. The van der Waals surface area contributed by atoms with Crippen molar-refractivity contribution < 1.29 is 78.4 Å². The van der Waals surface area contributed by atoms with Crippen LogP contribution in [-0.2, 0) is 48.9 Å². The second-order valence-corrected chi connectivity index (χ2v) is 14.4. The molecule has 0 saturated carbocycles. The van der Waals surface area contributed by atoms with E-state index in [0.717, 1.165) is 36.4 Å². The summed E-state index contributed by atoms with van der Waals surface area (Å²) < 4.78 is 205. The van der Waals surface area contributed by atoms with Gasteiger partial charge < -0.3 is 13.7 Å². The van der Waals surface area contributed by atoms with Gasteiger partial charge in [0, 0.05) is 0 Å². The van der Waals surface area contributed by atoms with Gasteiger partial charge in [-0.1, -0.05) is 36.4 Å². The summed E-state index contributed by atoms with van der Waals surface area (Å²) in [7, 11) is -15.3. The molecule has 264 valence electrons. The zero-order chi connectivity index (χ0) is 38.1. The molecule has 4 aromatic rings. The summed E-state index contributed by atoms with van der Waals surface area (Å²) in [5.41, 5.74) is -4.31. The third kappa shape index (κ3) is 15.1. The standard InChI is InChI=1S/3C7H5F3O3S.C6H5.Sn/c3*8-7(9,10)5-3-1-2-4-6(5)14(11,12)13;1-2-4-6-5-3-1;/h3*1-4H,(H,11,12,13);1-5H;/q;;;;+3/p-3. The van der Waals surface area contributed by atoms with Crippen molar-refractivity contribution in [3.63, 3.8) is 0 Å². The number of rotatable bonds is 3. The van der Waals surface area contributed by atoms with E-state index in [9.17, 15) is 78.4 Å². The predicted molar refractivity (Wildman–Crippen MR) is 150 cm³/mol. The normalized spacial score (nSPS) is 12.3. The van der Waals surface area contributed by atoms with E-state index in [1.807, 2.05) is 6.07 Å². The molecule has 0 amide bonds. The van der Waals surface area contributed by atoms with Crippen molar-refractivity contribution in [1.82, 2.24) is 0 Å². The Balaban J connectivity index is 0.000000335. The molecule has 0 spiro atoms. The van der Waals surface area contributed by atoms with E-state index in [-0.39, 0.29) is 0 Å². The van der Waals surface area contributed by atoms with Gasteiger partial charge in [0.05, 0.1) is 31.4 Å². The van der Waals surface area contributed by atoms with E-state index in [0.29, 0.717) is 36.4 Å². The molecule has 4 aromatic carbocycles. The van der Waals surface area contributed by atoms with E-state index < -0.39 is 80.3 Å². The van der Waals surface area contributed by atoms with Crippen LogP contribution in [0.1, 0.15) is 16.7 Å². The summed E-state index contributed by atoms with van der Waals surface area (Å²) >= 11 is 1.49. The molecule has 49 heavy (non-hydrogen) atoms. The van der Waals surface area contributed by atoms with Gasteiger partial charge in [0.2, 0.25) is 0 Å². The Bertz CT molecular complexity index is 1810. The summed E-state index contributed by atoms with van der Waals surface area (Å²) in [6.45, 7) is 0. The summed E-state index contributed by atoms with van der Waals surface area (Å²) in [4.78, 5) is -3.73. The van der Waals surface area contributed by atoms with Gasteiger partial charge >= 0.3 is 75.0 Å². The van der Waals surface area contributed by atoms with Crippen molar-refractivity contribution in [2.45, 2.75) is 33.2 Å². The Labute approximate surface area is 286 Å². The number of hydrogen-bond donors (Lipinski definition) is 0. The molecular weight excluding hydrogens is 854 g/mol. The van der Waals surface area contributed by atoms with Crippen molar-refractivity contribution in [2.24, 2.45) is 0 Å². The molecular formula is C27H17F9O9S3Sn. The van der Waals surface area contributed by atoms with E-state index in [4.69, 9.17) is 0 Å². The van der Waals surface area contributed by atoms with Crippen LogP contribution in [0.3, 0.4) is 0 Å². The number of halogens is 9. The van der Waals surface area contributed by atoms with E-state index >= 15 is 0 Å². The number of hydrogen-bond acceptors (Lipinski definition) is 9. The van der Waals surface area contributed by atoms with Gasteiger partial charge in [0.25, 0.3) is 0 Å². The summed E-state index contributed by atoms with van der Waals surface area (Å²) in [5, 5.41) is 0. The van der Waals surface area contributed by atoms with Crippen LogP contribution in [0.4, 0.5) is 39.5 Å². The minimum absolute atomic E-state index is 0.546. The summed E-state index contributed by atoms with van der Waals surface area (Å²) in [6.07, 6.45) is -14.5. The maximum atomic E-state index is 12.2. The van der Waals surface area contributed by atoms with E-state index in [1.54, 1.807) is 0 Å². The Morgan fingerprint density at radius 1 is 0.388 bits per heavy atom. The average Bonchev–Trinajstić information content (AvgIpc) is 2.96. The third-order valence-corrected chi connectivity index (χ3v) is 8.79. The molecule has 4 rings (SSSR count). The van der Waals surface area contributed by atoms with Gasteiger partial charge in [-0.15, -0.1) is 0 Å². The van der Waals surface area contributed by atoms with Crippen LogP contribution < -0.4 is 3.58 Å². The monoisotopic (exact) mass is 872 g/mol. The molecule has 22 heteroatoms. The van der Waals surface area contributed by atoms with Crippen molar-refractivity contribution in [3.05, 3.63) is 120 Å². The first-order chi connectivity index (χ1) is 22.1. The fourth-order valence-electron chi connectivity index (χ4n) is 3.19. The zero-order valence-corrected chi connectivity index (χ0v) is 28.9. The van der Waals surface area contributed by atoms with Gasteiger partial charge in [-0.2, -0.15) is 39.5 Å². The maximum absolute atomic E-state index is 12.2. The molecule has 0 aliphatic heterocycles. The molecule has 9 nitrogen and oxygen atoms in total. The van der Waals surface area contributed by atoms with Crippen molar-refractivity contribution in [3.8, 4) is 0 Å². The molecule has 0 aromatic heterocycles. The molecule has 0 atom stereocenters. The van der Waals surface area contributed by atoms with Crippen LogP contribution in [0.25, 0.3) is 0 Å². The predicted octanol–water partition coefficient (Wildman–Crippen LogP) is 5.31. The molecule has 0 fully saturated rings. The third-order valence-electron chi connectivity index (χ3n) is 5.16. The Morgan fingerprint density at radius 3 is 0.735 bits per heavy atom. The molecule has 0 unspecified atom stereocenters. The zero-order valence-electron chi connectivity index (χ0n) is 23.6. The van der Waals surface area contributed by atoms with Gasteiger partial charge in [-0.05, 0) is 36.4 Å².